The van der Waals surface area contributed by atoms with Gasteiger partial charge in [-0.25, -0.2) is 0 Å². The van der Waals surface area contributed by atoms with E-state index in [4.69, 9.17) is 0 Å². The van der Waals surface area contributed by atoms with Crippen molar-refractivity contribution in [2.75, 3.05) is 20.6 Å². The van der Waals surface area contributed by atoms with Crippen LogP contribution in [-0.2, 0) is 18.4 Å². The summed E-state index contributed by atoms with van der Waals surface area (Å²) in [7, 11) is 5.28. The van der Waals surface area contributed by atoms with Crippen molar-refractivity contribution in [3.8, 4) is 0 Å². The van der Waals surface area contributed by atoms with E-state index in [9.17, 15) is 4.79 Å². The SMILES string of the molecule is CN(C)C(=O)CNCc1cnnn1C. The standard InChI is InChI=1S/C8H15N5O/c1-12(2)8(14)6-9-4-7-5-10-11-13(7)3/h5,9H,4,6H2,1-3H3. The fourth-order valence-corrected chi connectivity index (χ4v) is 0.927. The fraction of sp³-hybridized carbons (Fsp3) is 0.625. The molecule has 1 rings (SSSR count). The summed E-state index contributed by atoms with van der Waals surface area (Å²) in [6.45, 7) is 0.932. The summed E-state index contributed by atoms with van der Waals surface area (Å²) in [6, 6.07) is 0. The van der Waals surface area contributed by atoms with E-state index in [1.54, 1.807) is 29.9 Å². The second kappa shape index (κ2) is 4.71. The van der Waals surface area contributed by atoms with Gasteiger partial charge in [-0.3, -0.25) is 9.48 Å². The highest BCUT2D eigenvalue weighted by molar-refractivity contribution is 5.77. The van der Waals surface area contributed by atoms with Gasteiger partial charge < -0.3 is 10.2 Å². The molecule has 1 aromatic rings. The molecule has 0 unspecified atom stereocenters. The molecule has 78 valence electrons. The molecule has 14 heavy (non-hydrogen) atoms. The van der Waals surface area contributed by atoms with Gasteiger partial charge in [0.05, 0.1) is 18.4 Å². The molecule has 0 bridgehead atoms. The van der Waals surface area contributed by atoms with Gasteiger partial charge in [0.1, 0.15) is 0 Å². The highest BCUT2D eigenvalue weighted by Gasteiger charge is 2.04. The van der Waals surface area contributed by atoms with E-state index in [0.29, 0.717) is 13.1 Å². The fourth-order valence-electron chi connectivity index (χ4n) is 0.927. The summed E-state index contributed by atoms with van der Waals surface area (Å²) < 4.78 is 1.67. The molecule has 0 aromatic carbocycles. The van der Waals surface area contributed by atoms with Gasteiger partial charge in [-0.05, 0) is 0 Å². The molecule has 1 amide bonds. The molecule has 6 nitrogen and oxygen atoms in total. The second-order valence-electron chi connectivity index (χ2n) is 3.24. The van der Waals surface area contributed by atoms with Crippen molar-refractivity contribution in [3.05, 3.63) is 11.9 Å². The number of carbonyl (C=O) groups excluding carboxylic acids is 1. The molecule has 0 spiro atoms. The number of likely N-dealkylation sites (N-methyl/N-ethyl adjacent to an activating group) is 1. The summed E-state index contributed by atoms with van der Waals surface area (Å²) in [5.41, 5.74) is 0.955. The van der Waals surface area contributed by atoms with Crippen molar-refractivity contribution in [3.63, 3.8) is 0 Å². The van der Waals surface area contributed by atoms with E-state index in [0.717, 1.165) is 5.69 Å². The molecule has 0 atom stereocenters. The Morgan fingerprint density at radius 3 is 2.86 bits per heavy atom. The minimum absolute atomic E-state index is 0.0557. The number of rotatable bonds is 4. The minimum atomic E-state index is 0.0557. The summed E-state index contributed by atoms with van der Waals surface area (Å²) in [6.07, 6.45) is 1.67. The highest BCUT2D eigenvalue weighted by atomic mass is 16.2. The Kier molecular flexibility index (Phi) is 3.58. The van der Waals surface area contributed by atoms with Crippen LogP contribution in [0.5, 0.6) is 0 Å². The number of aryl methyl sites for hydroxylation is 1. The predicted molar refractivity (Wildman–Crippen MR) is 51.4 cm³/mol. The first-order valence-electron chi connectivity index (χ1n) is 4.35. The van der Waals surface area contributed by atoms with Gasteiger partial charge in [-0.1, -0.05) is 5.21 Å². The maximum absolute atomic E-state index is 11.2. The number of nitrogens with zero attached hydrogens (tertiary/aromatic N) is 4. The van der Waals surface area contributed by atoms with E-state index in [2.05, 4.69) is 15.6 Å². The predicted octanol–water partition coefficient (Wildman–Crippen LogP) is -1.01. The quantitative estimate of drug-likeness (QED) is 0.672. The van der Waals surface area contributed by atoms with Crippen molar-refractivity contribution in [2.45, 2.75) is 6.54 Å². The van der Waals surface area contributed by atoms with E-state index >= 15 is 0 Å². The molecule has 6 heteroatoms. The third-order valence-corrected chi connectivity index (χ3v) is 1.89. The molecular weight excluding hydrogens is 182 g/mol. The first kappa shape index (κ1) is 10.6. The largest absolute Gasteiger partial charge is 0.348 e. The topological polar surface area (TPSA) is 63.1 Å². The number of nitrogens with one attached hydrogen (secondary N) is 1. The number of carbonyl (C=O) groups is 1. The third-order valence-electron chi connectivity index (χ3n) is 1.89. The van der Waals surface area contributed by atoms with Crippen molar-refractivity contribution in [2.24, 2.45) is 7.05 Å². The number of hydrogen-bond acceptors (Lipinski definition) is 4. The average Bonchev–Trinajstić information content (AvgIpc) is 2.51. The van der Waals surface area contributed by atoms with Gasteiger partial charge in [0.2, 0.25) is 5.91 Å². The zero-order chi connectivity index (χ0) is 10.6. The molecule has 0 saturated carbocycles. The highest BCUT2D eigenvalue weighted by Crippen LogP contribution is 1.91. The lowest BCUT2D eigenvalue weighted by Crippen LogP contribution is -2.32. The third kappa shape index (κ3) is 2.81. The van der Waals surface area contributed by atoms with E-state index in [-0.39, 0.29) is 5.91 Å². The Hall–Kier alpha value is -1.43. The van der Waals surface area contributed by atoms with Crippen LogP contribution in [-0.4, -0.2) is 46.4 Å². The van der Waals surface area contributed by atoms with Crippen LogP contribution in [0.3, 0.4) is 0 Å². The minimum Gasteiger partial charge on any atom is -0.348 e. The molecule has 0 aliphatic rings. The van der Waals surface area contributed by atoms with E-state index in [1.165, 1.54) is 0 Å². The number of hydrogen-bond donors (Lipinski definition) is 1. The first-order valence-corrected chi connectivity index (χ1v) is 4.35. The lowest BCUT2D eigenvalue weighted by molar-refractivity contribution is -0.127. The van der Waals surface area contributed by atoms with Crippen LogP contribution in [0.4, 0.5) is 0 Å². The van der Waals surface area contributed by atoms with Crippen molar-refractivity contribution >= 4 is 5.91 Å². The number of amides is 1. The average molecular weight is 197 g/mol. The molecule has 0 radical (unpaired) electrons. The Bertz CT molecular complexity index is 306. The maximum Gasteiger partial charge on any atom is 0.236 e. The zero-order valence-electron chi connectivity index (χ0n) is 8.69. The van der Waals surface area contributed by atoms with Gasteiger partial charge in [0, 0.05) is 27.7 Å². The van der Waals surface area contributed by atoms with Gasteiger partial charge >= 0.3 is 0 Å². The van der Waals surface area contributed by atoms with Gasteiger partial charge in [-0.2, -0.15) is 0 Å². The van der Waals surface area contributed by atoms with Crippen molar-refractivity contribution < 1.29 is 4.79 Å². The molecule has 1 N–H and O–H groups in total. The van der Waals surface area contributed by atoms with Crippen LogP contribution in [0.2, 0.25) is 0 Å². The Balaban J connectivity index is 2.29. The molecule has 0 fully saturated rings. The van der Waals surface area contributed by atoms with E-state index in [1.807, 2.05) is 7.05 Å². The lowest BCUT2D eigenvalue weighted by atomic mass is 10.4. The molecule has 0 aliphatic carbocycles. The summed E-state index contributed by atoms with van der Waals surface area (Å²) in [4.78, 5) is 12.7. The maximum atomic E-state index is 11.2. The molecule has 1 aromatic heterocycles. The Morgan fingerprint density at radius 2 is 2.36 bits per heavy atom. The molecular formula is C8H15N5O. The Morgan fingerprint density at radius 1 is 1.64 bits per heavy atom. The van der Waals surface area contributed by atoms with Crippen molar-refractivity contribution in [1.82, 2.24) is 25.2 Å². The van der Waals surface area contributed by atoms with Crippen LogP contribution < -0.4 is 5.32 Å². The molecule has 0 aliphatic heterocycles. The van der Waals surface area contributed by atoms with Crippen LogP contribution >= 0.6 is 0 Å². The van der Waals surface area contributed by atoms with Crippen LogP contribution in [0, 0.1) is 0 Å². The van der Waals surface area contributed by atoms with Crippen LogP contribution in [0.25, 0.3) is 0 Å². The second-order valence-corrected chi connectivity index (χ2v) is 3.24. The van der Waals surface area contributed by atoms with Crippen molar-refractivity contribution in [1.29, 1.82) is 0 Å². The normalized spacial score (nSPS) is 10.2. The van der Waals surface area contributed by atoms with Gasteiger partial charge in [0.15, 0.2) is 0 Å². The first-order chi connectivity index (χ1) is 6.61. The lowest BCUT2D eigenvalue weighted by Gasteiger charge is -2.10. The summed E-state index contributed by atoms with van der Waals surface area (Å²) in [5, 5.41) is 10.5. The zero-order valence-corrected chi connectivity index (χ0v) is 8.69. The van der Waals surface area contributed by atoms with Gasteiger partial charge in [-0.15, -0.1) is 5.10 Å². The summed E-state index contributed by atoms with van der Waals surface area (Å²) in [5.74, 6) is 0.0557. The van der Waals surface area contributed by atoms with Gasteiger partial charge in [0.25, 0.3) is 0 Å². The Labute approximate surface area is 82.9 Å². The molecule has 0 saturated heterocycles. The van der Waals surface area contributed by atoms with E-state index < -0.39 is 0 Å². The summed E-state index contributed by atoms with van der Waals surface area (Å²) >= 11 is 0. The number of aromatic nitrogens is 3. The van der Waals surface area contributed by atoms with Crippen LogP contribution in [0.15, 0.2) is 6.20 Å². The monoisotopic (exact) mass is 197 g/mol. The smallest absolute Gasteiger partial charge is 0.236 e. The molecule has 1 heterocycles. The van der Waals surface area contributed by atoms with Crippen LogP contribution in [0.1, 0.15) is 5.69 Å².